The van der Waals surface area contributed by atoms with Gasteiger partial charge in [-0.15, -0.1) is 10.2 Å². The summed E-state index contributed by atoms with van der Waals surface area (Å²) in [5.41, 5.74) is 0.475. The fraction of sp³-hybridized carbons (Fsp3) is 0.273. The van der Waals surface area contributed by atoms with Gasteiger partial charge in [-0.3, -0.25) is 0 Å². The highest BCUT2D eigenvalue weighted by Gasteiger charge is 2.05. The lowest BCUT2D eigenvalue weighted by molar-refractivity contribution is 0.0600. The number of hydrogen-bond acceptors (Lipinski definition) is 6. The fourth-order valence-corrected chi connectivity index (χ4v) is 1.33. The molecule has 0 aliphatic carbocycles. The molecule has 7 nitrogen and oxygen atoms in total. The first-order valence-electron chi connectivity index (χ1n) is 5.23. The molecule has 0 aliphatic heterocycles. The molecule has 0 amide bonds. The van der Waals surface area contributed by atoms with Crippen molar-refractivity contribution in [3.05, 3.63) is 35.7 Å². The Hall–Kier alpha value is -2.44. The summed E-state index contributed by atoms with van der Waals surface area (Å²) in [4.78, 5) is 12.6. The van der Waals surface area contributed by atoms with Crippen LogP contribution in [0, 0.1) is 0 Å². The standard InChI is InChI=1S/C11H12N4O3/c1-15-13-10(12-14-15)7-18-9-5-3-8(4-6-9)11(16)17-2/h3-6H,7H2,1-2H3. The van der Waals surface area contributed by atoms with Gasteiger partial charge in [0.1, 0.15) is 5.75 Å². The Bertz CT molecular complexity index is 535. The van der Waals surface area contributed by atoms with Gasteiger partial charge in [-0.05, 0) is 29.5 Å². The van der Waals surface area contributed by atoms with Gasteiger partial charge in [0.25, 0.3) is 0 Å². The van der Waals surface area contributed by atoms with Crippen LogP contribution in [0.2, 0.25) is 0 Å². The fourth-order valence-electron chi connectivity index (χ4n) is 1.33. The van der Waals surface area contributed by atoms with Gasteiger partial charge in [-0.1, -0.05) is 0 Å². The van der Waals surface area contributed by atoms with E-state index in [9.17, 15) is 4.79 Å². The summed E-state index contributed by atoms with van der Waals surface area (Å²) < 4.78 is 10.0. The molecule has 0 atom stereocenters. The van der Waals surface area contributed by atoms with Crippen LogP contribution in [0.3, 0.4) is 0 Å². The Morgan fingerprint density at radius 1 is 1.33 bits per heavy atom. The van der Waals surface area contributed by atoms with Gasteiger partial charge in [0.2, 0.25) is 5.82 Å². The van der Waals surface area contributed by atoms with Gasteiger partial charge < -0.3 is 9.47 Å². The number of esters is 1. The van der Waals surface area contributed by atoms with Crippen molar-refractivity contribution in [1.29, 1.82) is 0 Å². The SMILES string of the molecule is COC(=O)c1ccc(OCc2nnn(C)n2)cc1. The monoisotopic (exact) mass is 248 g/mol. The van der Waals surface area contributed by atoms with E-state index in [1.54, 1.807) is 31.3 Å². The van der Waals surface area contributed by atoms with E-state index < -0.39 is 0 Å². The second kappa shape index (κ2) is 5.26. The zero-order valence-corrected chi connectivity index (χ0v) is 10.0. The molecule has 0 radical (unpaired) electrons. The zero-order chi connectivity index (χ0) is 13.0. The van der Waals surface area contributed by atoms with Crippen molar-refractivity contribution in [2.45, 2.75) is 6.61 Å². The van der Waals surface area contributed by atoms with E-state index in [-0.39, 0.29) is 12.6 Å². The molecule has 0 spiro atoms. The molecular formula is C11H12N4O3. The van der Waals surface area contributed by atoms with Crippen LogP contribution in [0.25, 0.3) is 0 Å². The molecule has 94 valence electrons. The third kappa shape index (κ3) is 2.82. The van der Waals surface area contributed by atoms with Gasteiger partial charge in [0.05, 0.1) is 19.7 Å². The summed E-state index contributed by atoms with van der Waals surface area (Å²) in [6, 6.07) is 6.63. The lowest BCUT2D eigenvalue weighted by Crippen LogP contribution is -2.02. The number of aromatic nitrogens is 4. The predicted molar refractivity (Wildman–Crippen MR) is 60.9 cm³/mol. The zero-order valence-electron chi connectivity index (χ0n) is 10.0. The Kier molecular flexibility index (Phi) is 3.52. The van der Waals surface area contributed by atoms with E-state index in [1.807, 2.05) is 0 Å². The van der Waals surface area contributed by atoms with Crippen LogP contribution in [-0.4, -0.2) is 33.3 Å². The summed E-state index contributed by atoms with van der Waals surface area (Å²) >= 11 is 0. The van der Waals surface area contributed by atoms with Gasteiger partial charge >= 0.3 is 5.97 Å². The third-order valence-corrected chi connectivity index (χ3v) is 2.19. The van der Waals surface area contributed by atoms with Crippen LogP contribution < -0.4 is 4.74 Å². The molecule has 0 unspecified atom stereocenters. The van der Waals surface area contributed by atoms with Crippen LogP contribution in [0.5, 0.6) is 5.75 Å². The lowest BCUT2D eigenvalue weighted by atomic mass is 10.2. The number of hydrogen-bond donors (Lipinski definition) is 0. The van der Waals surface area contributed by atoms with Crippen molar-refractivity contribution in [2.75, 3.05) is 7.11 Å². The number of benzene rings is 1. The van der Waals surface area contributed by atoms with Gasteiger partial charge in [-0.2, -0.15) is 4.80 Å². The van der Waals surface area contributed by atoms with Crippen LogP contribution in [-0.2, 0) is 18.4 Å². The molecule has 2 rings (SSSR count). The van der Waals surface area contributed by atoms with E-state index in [2.05, 4.69) is 20.1 Å². The van der Waals surface area contributed by atoms with Gasteiger partial charge in [-0.25, -0.2) is 4.79 Å². The molecule has 0 saturated heterocycles. The molecule has 0 N–H and O–H groups in total. The first-order valence-corrected chi connectivity index (χ1v) is 5.23. The van der Waals surface area contributed by atoms with Crippen molar-refractivity contribution in [1.82, 2.24) is 20.2 Å². The largest absolute Gasteiger partial charge is 0.485 e. The maximum atomic E-state index is 11.2. The summed E-state index contributed by atoms with van der Waals surface area (Å²) in [5, 5.41) is 11.5. The first-order chi connectivity index (χ1) is 8.69. The number of carbonyl (C=O) groups is 1. The number of ether oxygens (including phenoxy) is 2. The molecule has 1 aromatic heterocycles. The van der Waals surface area contributed by atoms with Gasteiger partial charge in [0.15, 0.2) is 6.61 Å². The summed E-state index contributed by atoms with van der Waals surface area (Å²) in [6.45, 7) is 0.228. The highest BCUT2D eigenvalue weighted by Crippen LogP contribution is 2.13. The highest BCUT2D eigenvalue weighted by molar-refractivity contribution is 5.89. The maximum Gasteiger partial charge on any atom is 0.337 e. The summed E-state index contributed by atoms with van der Waals surface area (Å²) in [6.07, 6.45) is 0. The predicted octanol–water partition coefficient (Wildman–Crippen LogP) is 0.576. The minimum absolute atomic E-state index is 0.228. The number of tetrazole rings is 1. The second-order valence-electron chi connectivity index (χ2n) is 3.50. The molecule has 0 bridgehead atoms. The minimum Gasteiger partial charge on any atom is -0.485 e. The van der Waals surface area contributed by atoms with E-state index in [4.69, 9.17) is 4.74 Å². The maximum absolute atomic E-state index is 11.2. The molecular weight excluding hydrogens is 236 g/mol. The smallest absolute Gasteiger partial charge is 0.337 e. The van der Waals surface area contributed by atoms with Crippen molar-refractivity contribution in [3.8, 4) is 5.75 Å². The number of methoxy groups -OCH3 is 1. The van der Waals surface area contributed by atoms with E-state index in [1.165, 1.54) is 11.9 Å². The van der Waals surface area contributed by atoms with E-state index in [0.717, 1.165) is 0 Å². The number of aryl methyl sites for hydroxylation is 1. The second-order valence-corrected chi connectivity index (χ2v) is 3.50. The first kappa shape index (κ1) is 12.0. The molecule has 1 aromatic carbocycles. The van der Waals surface area contributed by atoms with Gasteiger partial charge in [0, 0.05) is 0 Å². The van der Waals surface area contributed by atoms with E-state index in [0.29, 0.717) is 17.1 Å². The normalized spacial score (nSPS) is 10.1. The average Bonchev–Trinajstić information content (AvgIpc) is 2.82. The Morgan fingerprint density at radius 2 is 2.06 bits per heavy atom. The quantitative estimate of drug-likeness (QED) is 0.736. The lowest BCUT2D eigenvalue weighted by Gasteiger charge is -2.04. The van der Waals surface area contributed by atoms with Crippen LogP contribution >= 0.6 is 0 Å². The highest BCUT2D eigenvalue weighted by atomic mass is 16.5. The van der Waals surface area contributed by atoms with Crippen LogP contribution in [0.1, 0.15) is 16.2 Å². The van der Waals surface area contributed by atoms with Crippen LogP contribution in [0.4, 0.5) is 0 Å². The minimum atomic E-state index is -0.378. The van der Waals surface area contributed by atoms with Crippen LogP contribution in [0.15, 0.2) is 24.3 Å². The van der Waals surface area contributed by atoms with E-state index >= 15 is 0 Å². The van der Waals surface area contributed by atoms with Crippen molar-refractivity contribution in [2.24, 2.45) is 7.05 Å². The molecule has 0 fully saturated rings. The summed E-state index contributed by atoms with van der Waals surface area (Å²) in [5.74, 6) is 0.738. The number of rotatable bonds is 4. The molecule has 0 aliphatic rings. The molecule has 18 heavy (non-hydrogen) atoms. The Labute approximate surface area is 103 Å². The van der Waals surface area contributed by atoms with Crippen molar-refractivity contribution < 1.29 is 14.3 Å². The third-order valence-electron chi connectivity index (χ3n) is 2.19. The molecule has 2 aromatic rings. The molecule has 0 saturated carbocycles. The average molecular weight is 248 g/mol. The topological polar surface area (TPSA) is 79.1 Å². The Morgan fingerprint density at radius 3 is 2.61 bits per heavy atom. The summed E-state index contributed by atoms with van der Waals surface area (Å²) in [7, 11) is 3.02. The number of nitrogens with zero attached hydrogens (tertiary/aromatic N) is 4. The van der Waals surface area contributed by atoms with Crippen molar-refractivity contribution in [3.63, 3.8) is 0 Å². The molecule has 7 heteroatoms. The van der Waals surface area contributed by atoms with Crippen molar-refractivity contribution >= 4 is 5.97 Å². The Balaban J connectivity index is 1.96. The molecule has 1 heterocycles. The number of carbonyl (C=O) groups excluding carboxylic acids is 1.